The van der Waals surface area contributed by atoms with Gasteiger partial charge in [0.1, 0.15) is 12.4 Å². The molecule has 0 N–H and O–H groups in total. The van der Waals surface area contributed by atoms with Crippen LogP contribution in [0, 0.1) is 0 Å². The second-order valence-electron chi connectivity index (χ2n) is 5.02. The summed E-state index contributed by atoms with van der Waals surface area (Å²) >= 11 is 6.20. The SMILES string of the molecule is COc1cc(/C=C2\COc3ccccc3C2=O)cc(Cl)c1OC. The predicted octanol–water partition coefficient (Wildman–Crippen LogP) is 4.02. The van der Waals surface area contributed by atoms with Crippen LogP contribution in [0.4, 0.5) is 0 Å². The number of hydrogen-bond donors (Lipinski definition) is 0. The highest BCUT2D eigenvalue weighted by Crippen LogP contribution is 2.37. The highest BCUT2D eigenvalue weighted by atomic mass is 35.5. The van der Waals surface area contributed by atoms with Crippen LogP contribution < -0.4 is 14.2 Å². The minimum Gasteiger partial charge on any atom is -0.493 e. The molecule has 1 heterocycles. The Kier molecular flexibility index (Phi) is 4.26. The van der Waals surface area contributed by atoms with Crippen molar-refractivity contribution in [1.82, 2.24) is 0 Å². The van der Waals surface area contributed by atoms with Gasteiger partial charge in [0.15, 0.2) is 17.3 Å². The zero-order chi connectivity index (χ0) is 16.4. The van der Waals surface area contributed by atoms with Crippen LogP contribution in [-0.4, -0.2) is 26.6 Å². The zero-order valence-corrected chi connectivity index (χ0v) is 13.5. The Hall–Kier alpha value is -2.46. The summed E-state index contributed by atoms with van der Waals surface area (Å²) in [7, 11) is 3.06. The summed E-state index contributed by atoms with van der Waals surface area (Å²) in [6.45, 7) is 0.224. The molecule has 0 amide bonds. The van der Waals surface area contributed by atoms with Gasteiger partial charge in [0.05, 0.1) is 24.8 Å². The summed E-state index contributed by atoms with van der Waals surface area (Å²) in [5.41, 5.74) is 1.88. The number of benzene rings is 2. The lowest BCUT2D eigenvalue weighted by Crippen LogP contribution is -2.18. The molecule has 4 nitrogen and oxygen atoms in total. The van der Waals surface area contributed by atoms with Gasteiger partial charge in [0.2, 0.25) is 0 Å². The van der Waals surface area contributed by atoms with Crippen molar-refractivity contribution in [3.05, 3.63) is 58.1 Å². The lowest BCUT2D eigenvalue weighted by molar-refractivity contribution is 0.100. The molecule has 0 saturated heterocycles. The molecule has 0 atom stereocenters. The molecule has 23 heavy (non-hydrogen) atoms. The van der Waals surface area contributed by atoms with Crippen LogP contribution in [0.2, 0.25) is 5.02 Å². The molecule has 118 valence electrons. The molecule has 0 radical (unpaired) electrons. The third-order valence-corrected chi connectivity index (χ3v) is 3.88. The lowest BCUT2D eigenvalue weighted by Gasteiger charge is -2.18. The second-order valence-corrected chi connectivity index (χ2v) is 5.43. The number of methoxy groups -OCH3 is 2. The number of Topliss-reactive ketones (excluding diaryl/α,β-unsaturated/α-hetero) is 1. The maximum Gasteiger partial charge on any atom is 0.196 e. The highest BCUT2D eigenvalue weighted by Gasteiger charge is 2.23. The number of ketones is 1. The summed E-state index contributed by atoms with van der Waals surface area (Å²) in [4.78, 5) is 12.5. The number of para-hydroxylation sites is 1. The Balaban J connectivity index is 2.00. The summed E-state index contributed by atoms with van der Waals surface area (Å²) in [5.74, 6) is 1.54. The largest absolute Gasteiger partial charge is 0.493 e. The molecule has 1 aliphatic rings. The molecule has 0 aromatic heterocycles. The first-order chi connectivity index (χ1) is 11.1. The second kappa shape index (κ2) is 6.34. The number of hydrogen-bond acceptors (Lipinski definition) is 4. The van der Waals surface area contributed by atoms with Crippen molar-refractivity contribution in [3.8, 4) is 17.2 Å². The molecule has 0 fully saturated rings. The number of carbonyl (C=O) groups is 1. The molecular formula is C18H15ClO4. The lowest BCUT2D eigenvalue weighted by atomic mass is 9.98. The van der Waals surface area contributed by atoms with Gasteiger partial charge in [-0.05, 0) is 35.9 Å². The van der Waals surface area contributed by atoms with Crippen molar-refractivity contribution in [3.63, 3.8) is 0 Å². The van der Waals surface area contributed by atoms with E-state index in [4.69, 9.17) is 25.8 Å². The van der Waals surface area contributed by atoms with Crippen LogP contribution in [0.5, 0.6) is 17.2 Å². The van der Waals surface area contributed by atoms with Crippen molar-refractivity contribution >= 4 is 23.5 Å². The van der Waals surface area contributed by atoms with Crippen LogP contribution in [0.15, 0.2) is 42.0 Å². The molecule has 0 aliphatic carbocycles. The van der Waals surface area contributed by atoms with E-state index in [1.54, 1.807) is 30.3 Å². The van der Waals surface area contributed by atoms with E-state index in [1.807, 2.05) is 12.1 Å². The molecule has 2 aromatic rings. The van der Waals surface area contributed by atoms with Gasteiger partial charge < -0.3 is 14.2 Å². The fraction of sp³-hybridized carbons (Fsp3) is 0.167. The highest BCUT2D eigenvalue weighted by molar-refractivity contribution is 6.32. The van der Waals surface area contributed by atoms with Crippen LogP contribution in [-0.2, 0) is 0 Å². The molecule has 5 heteroatoms. The maximum absolute atomic E-state index is 12.5. The minimum absolute atomic E-state index is 0.0437. The van der Waals surface area contributed by atoms with E-state index in [-0.39, 0.29) is 12.4 Å². The first-order valence-electron chi connectivity index (χ1n) is 7.02. The van der Waals surface area contributed by atoms with E-state index in [0.717, 1.165) is 5.56 Å². The third-order valence-electron chi connectivity index (χ3n) is 3.60. The molecule has 0 unspecified atom stereocenters. The molecule has 0 spiro atoms. The number of rotatable bonds is 3. The van der Waals surface area contributed by atoms with E-state index in [9.17, 15) is 4.79 Å². The number of halogens is 1. The van der Waals surface area contributed by atoms with Crippen LogP contribution in [0.25, 0.3) is 6.08 Å². The monoisotopic (exact) mass is 330 g/mol. The number of ether oxygens (including phenoxy) is 3. The van der Waals surface area contributed by atoms with E-state index in [0.29, 0.717) is 33.4 Å². The van der Waals surface area contributed by atoms with E-state index < -0.39 is 0 Å². The van der Waals surface area contributed by atoms with Crippen LogP contribution >= 0.6 is 11.6 Å². The standard InChI is InChI=1S/C18H15ClO4/c1-21-16-9-11(8-14(19)18(16)22-2)7-12-10-23-15-6-4-3-5-13(15)17(12)20/h3-9H,10H2,1-2H3/b12-7+. The van der Waals surface area contributed by atoms with Gasteiger partial charge in [-0.25, -0.2) is 0 Å². The molecule has 0 saturated carbocycles. The van der Waals surface area contributed by atoms with E-state index in [1.165, 1.54) is 14.2 Å². The minimum atomic E-state index is -0.0437. The van der Waals surface area contributed by atoms with Crippen LogP contribution in [0.3, 0.4) is 0 Å². The average molecular weight is 331 g/mol. The van der Waals surface area contributed by atoms with Gasteiger partial charge in [0, 0.05) is 5.57 Å². The molecule has 1 aliphatic heterocycles. The zero-order valence-electron chi connectivity index (χ0n) is 12.8. The Morgan fingerprint density at radius 3 is 2.70 bits per heavy atom. The molecule has 3 rings (SSSR count). The predicted molar refractivity (Wildman–Crippen MR) is 88.8 cm³/mol. The Bertz CT molecular complexity index is 796. The number of carbonyl (C=O) groups excluding carboxylic acids is 1. The molecular weight excluding hydrogens is 316 g/mol. The Labute approximate surface area is 139 Å². The van der Waals surface area contributed by atoms with Gasteiger partial charge in [-0.15, -0.1) is 0 Å². The Morgan fingerprint density at radius 2 is 1.96 bits per heavy atom. The third kappa shape index (κ3) is 2.90. The number of fused-ring (bicyclic) bond motifs is 1. The van der Waals surface area contributed by atoms with Crippen molar-refractivity contribution in [2.24, 2.45) is 0 Å². The summed E-state index contributed by atoms with van der Waals surface area (Å²) in [6, 6.07) is 10.7. The smallest absolute Gasteiger partial charge is 0.196 e. The molecule has 2 aromatic carbocycles. The van der Waals surface area contributed by atoms with Gasteiger partial charge in [-0.3, -0.25) is 4.79 Å². The van der Waals surface area contributed by atoms with E-state index >= 15 is 0 Å². The first kappa shape index (κ1) is 15.4. The van der Waals surface area contributed by atoms with Gasteiger partial charge in [-0.2, -0.15) is 0 Å². The maximum atomic E-state index is 12.5. The van der Waals surface area contributed by atoms with Crippen LogP contribution in [0.1, 0.15) is 15.9 Å². The van der Waals surface area contributed by atoms with Crippen molar-refractivity contribution < 1.29 is 19.0 Å². The van der Waals surface area contributed by atoms with Crippen molar-refractivity contribution in [2.45, 2.75) is 0 Å². The van der Waals surface area contributed by atoms with Gasteiger partial charge in [0.25, 0.3) is 0 Å². The first-order valence-corrected chi connectivity index (χ1v) is 7.40. The molecule has 0 bridgehead atoms. The average Bonchev–Trinajstić information content (AvgIpc) is 2.57. The van der Waals surface area contributed by atoms with Crippen molar-refractivity contribution in [2.75, 3.05) is 20.8 Å². The fourth-order valence-corrected chi connectivity index (χ4v) is 2.80. The van der Waals surface area contributed by atoms with Gasteiger partial charge >= 0.3 is 0 Å². The van der Waals surface area contributed by atoms with Crippen molar-refractivity contribution in [1.29, 1.82) is 0 Å². The summed E-state index contributed by atoms with van der Waals surface area (Å²) in [6.07, 6.45) is 1.76. The quantitative estimate of drug-likeness (QED) is 0.797. The Morgan fingerprint density at radius 1 is 1.17 bits per heavy atom. The fourth-order valence-electron chi connectivity index (χ4n) is 2.50. The topological polar surface area (TPSA) is 44.8 Å². The normalized spacial score (nSPS) is 15.1. The van der Waals surface area contributed by atoms with Gasteiger partial charge in [-0.1, -0.05) is 23.7 Å². The summed E-state index contributed by atoms with van der Waals surface area (Å²) < 4.78 is 16.1. The van der Waals surface area contributed by atoms with E-state index in [2.05, 4.69) is 0 Å². The summed E-state index contributed by atoms with van der Waals surface area (Å²) in [5, 5.41) is 0.420.